The lowest BCUT2D eigenvalue weighted by atomic mass is 9.96. The van der Waals surface area contributed by atoms with Crippen LogP contribution in [0, 0.1) is 5.92 Å². The predicted molar refractivity (Wildman–Crippen MR) is 212 cm³/mol. The zero-order valence-corrected chi connectivity index (χ0v) is 34.3. The maximum atomic E-state index is 12.6. The van der Waals surface area contributed by atoms with Gasteiger partial charge in [-0.1, -0.05) is 13.3 Å². The number of carbonyl (C=O) groups excluding carboxylic acids is 1. The fourth-order valence-electron chi connectivity index (χ4n) is 6.85. The van der Waals surface area contributed by atoms with Crippen LogP contribution in [-0.4, -0.2) is 102 Å². The van der Waals surface area contributed by atoms with Crippen LogP contribution >= 0.6 is 0 Å². The van der Waals surface area contributed by atoms with Gasteiger partial charge in [-0.15, -0.1) is 5.10 Å². The number of imidazole rings is 1. The molecule has 0 aliphatic carbocycles. The average Bonchev–Trinajstić information content (AvgIpc) is 3.56. The lowest BCUT2D eigenvalue weighted by Gasteiger charge is -2.34. The zero-order valence-electron chi connectivity index (χ0n) is 34.3. The van der Waals surface area contributed by atoms with E-state index in [1.807, 2.05) is 81.9 Å². The number of likely N-dealkylation sites (tertiary alicyclic amines) is 1. The van der Waals surface area contributed by atoms with Crippen molar-refractivity contribution in [3.63, 3.8) is 0 Å². The number of hydrogen-bond donors (Lipinski definition) is 0. The summed E-state index contributed by atoms with van der Waals surface area (Å²) >= 11 is 0. The molecular formula is C41H59N7O7. The maximum Gasteiger partial charge on any atom is 0.410 e. The molecule has 14 nitrogen and oxygen atoms in total. The minimum Gasteiger partial charge on any atom is -0.497 e. The van der Waals surface area contributed by atoms with Crippen molar-refractivity contribution in [2.75, 3.05) is 60.0 Å². The molecule has 0 N–H and O–H groups in total. The number of anilines is 1. The smallest absolute Gasteiger partial charge is 0.410 e. The fraction of sp³-hybridized carbons (Fsp3) is 0.561. The van der Waals surface area contributed by atoms with Crippen LogP contribution in [0.1, 0.15) is 77.1 Å². The molecule has 3 heterocycles. The minimum absolute atomic E-state index is 0.0862. The van der Waals surface area contributed by atoms with E-state index in [-0.39, 0.29) is 18.2 Å². The molecule has 2 aromatic heterocycles. The summed E-state index contributed by atoms with van der Waals surface area (Å²) in [5.41, 5.74) is 2.88. The van der Waals surface area contributed by atoms with E-state index in [1.54, 1.807) is 33.3 Å². The summed E-state index contributed by atoms with van der Waals surface area (Å²) in [6, 6.07) is 11.9. The Kier molecular flexibility index (Phi) is 13.9. The third-order valence-electron chi connectivity index (χ3n) is 9.74. The minimum atomic E-state index is -0.521. The van der Waals surface area contributed by atoms with Crippen LogP contribution in [0.15, 0.2) is 42.6 Å². The van der Waals surface area contributed by atoms with E-state index in [9.17, 15) is 4.79 Å². The molecule has 1 saturated heterocycles. The topological polar surface area (TPSA) is 125 Å². The lowest BCUT2D eigenvalue weighted by Crippen LogP contribution is -2.41. The van der Waals surface area contributed by atoms with E-state index in [0.29, 0.717) is 66.6 Å². The number of amides is 1. The van der Waals surface area contributed by atoms with Crippen molar-refractivity contribution in [3.05, 3.63) is 59.4 Å². The Morgan fingerprint density at radius 2 is 1.53 bits per heavy atom. The van der Waals surface area contributed by atoms with Crippen molar-refractivity contribution in [1.29, 1.82) is 0 Å². The molecule has 1 fully saturated rings. The van der Waals surface area contributed by atoms with Crippen LogP contribution < -0.4 is 28.6 Å². The highest BCUT2D eigenvalue weighted by Crippen LogP contribution is 2.33. The number of fused-ring (bicyclic) bond motifs is 1. The Balaban J connectivity index is 1.48. The van der Waals surface area contributed by atoms with Gasteiger partial charge in [-0.25, -0.2) is 14.3 Å². The first-order chi connectivity index (χ1) is 26.3. The lowest BCUT2D eigenvalue weighted by molar-refractivity contribution is 0.0248. The van der Waals surface area contributed by atoms with Gasteiger partial charge in [0.05, 0.1) is 46.4 Å². The van der Waals surface area contributed by atoms with Crippen LogP contribution in [0.3, 0.4) is 0 Å². The molecule has 1 aliphatic rings. The monoisotopic (exact) mass is 761 g/mol. The number of hydrogen-bond acceptors (Lipinski definition) is 12. The highest BCUT2D eigenvalue weighted by molar-refractivity contribution is 5.68. The third-order valence-corrected chi connectivity index (χ3v) is 9.74. The molecule has 1 atom stereocenters. The number of benzene rings is 2. The molecule has 5 rings (SSSR count). The van der Waals surface area contributed by atoms with Crippen LogP contribution in [0.4, 0.5) is 10.6 Å². The second kappa shape index (κ2) is 18.6. The number of nitrogens with zero attached hydrogens (tertiary/aromatic N) is 7. The summed E-state index contributed by atoms with van der Waals surface area (Å²) in [5.74, 6) is 3.78. The Morgan fingerprint density at radius 1 is 0.927 bits per heavy atom. The quantitative estimate of drug-likeness (QED) is 0.110. The Hall–Kier alpha value is -4.98. The first kappa shape index (κ1) is 41.2. The fourth-order valence-corrected chi connectivity index (χ4v) is 6.85. The van der Waals surface area contributed by atoms with E-state index in [0.717, 1.165) is 55.6 Å². The Labute approximate surface area is 325 Å². The van der Waals surface area contributed by atoms with Gasteiger partial charge in [0.25, 0.3) is 0 Å². The highest BCUT2D eigenvalue weighted by atomic mass is 16.6. The summed E-state index contributed by atoms with van der Waals surface area (Å²) in [4.78, 5) is 28.8. The molecule has 0 radical (unpaired) electrons. The van der Waals surface area contributed by atoms with Gasteiger partial charge in [-0.2, -0.15) is 4.98 Å². The molecule has 0 bridgehead atoms. The summed E-state index contributed by atoms with van der Waals surface area (Å²) in [5, 5.41) is 4.92. The molecule has 0 saturated carbocycles. The van der Waals surface area contributed by atoms with Crippen LogP contribution in [-0.2, 0) is 24.4 Å². The van der Waals surface area contributed by atoms with Crippen molar-refractivity contribution in [2.45, 2.75) is 91.6 Å². The number of piperidine rings is 1. The van der Waals surface area contributed by atoms with Crippen LogP contribution in [0.25, 0.3) is 5.65 Å². The van der Waals surface area contributed by atoms with Gasteiger partial charge in [0.1, 0.15) is 28.6 Å². The molecule has 55 heavy (non-hydrogen) atoms. The number of carbonyl (C=O) groups is 1. The number of rotatable bonds is 17. The molecule has 1 amide bonds. The van der Waals surface area contributed by atoms with Gasteiger partial charge in [-0.3, -0.25) is 4.90 Å². The van der Waals surface area contributed by atoms with Gasteiger partial charge in [0, 0.05) is 56.5 Å². The van der Waals surface area contributed by atoms with Crippen molar-refractivity contribution >= 4 is 17.6 Å². The van der Waals surface area contributed by atoms with Crippen molar-refractivity contribution in [3.8, 4) is 29.0 Å². The van der Waals surface area contributed by atoms with E-state index in [4.69, 9.17) is 43.5 Å². The summed E-state index contributed by atoms with van der Waals surface area (Å²) < 4.78 is 36.5. The summed E-state index contributed by atoms with van der Waals surface area (Å²) in [6.45, 7) is 13.8. The van der Waals surface area contributed by atoms with Crippen molar-refractivity contribution in [1.82, 2.24) is 29.4 Å². The predicted octanol–water partition coefficient (Wildman–Crippen LogP) is 7.01. The second-order valence-corrected chi connectivity index (χ2v) is 15.2. The van der Waals surface area contributed by atoms with Crippen molar-refractivity contribution < 1.29 is 33.2 Å². The standard InChI is InChI=1S/C41H59N7O7/c1-11-12-28(2)54-39-43-38(47(25-30-13-15-33(50-7)21-35(30)52-9)26-31-14-16-34(51-8)22-36(31)53-10)37-42-23-32(48(37)44-39)27-46-19-17-29(18-20-46)24-45(6)40(49)55-41(3,4)5/h13-16,21-23,28-29H,11-12,17-20,24-27H2,1-10H3. The highest BCUT2D eigenvalue weighted by Gasteiger charge is 2.27. The van der Waals surface area contributed by atoms with E-state index in [1.165, 1.54) is 0 Å². The second-order valence-electron chi connectivity index (χ2n) is 15.2. The van der Waals surface area contributed by atoms with Gasteiger partial charge in [0.15, 0.2) is 11.5 Å². The number of aromatic nitrogens is 4. The SMILES string of the molecule is CCCC(C)Oc1nc(N(Cc2ccc(OC)cc2OC)Cc2ccc(OC)cc2OC)c2ncc(CN3CCC(CN(C)C(=O)OC(C)(C)C)CC3)n2n1. The van der Waals surface area contributed by atoms with E-state index in [2.05, 4.69) is 16.7 Å². The summed E-state index contributed by atoms with van der Waals surface area (Å²) in [6.07, 6.45) is 5.28. The molecule has 2 aromatic carbocycles. The maximum absolute atomic E-state index is 12.6. The molecule has 4 aromatic rings. The first-order valence-corrected chi connectivity index (χ1v) is 19.1. The largest absolute Gasteiger partial charge is 0.497 e. The van der Waals surface area contributed by atoms with Gasteiger partial charge < -0.3 is 38.2 Å². The molecule has 1 aliphatic heterocycles. The molecular weight excluding hydrogens is 702 g/mol. The van der Waals surface area contributed by atoms with Crippen molar-refractivity contribution in [2.24, 2.45) is 5.92 Å². The van der Waals surface area contributed by atoms with E-state index >= 15 is 0 Å². The summed E-state index contributed by atoms with van der Waals surface area (Å²) in [7, 11) is 8.40. The average molecular weight is 762 g/mol. The zero-order chi connectivity index (χ0) is 39.7. The Morgan fingerprint density at radius 3 is 2.05 bits per heavy atom. The van der Waals surface area contributed by atoms with Crippen LogP contribution in [0.2, 0.25) is 0 Å². The molecule has 14 heteroatoms. The third kappa shape index (κ3) is 10.8. The van der Waals surface area contributed by atoms with Gasteiger partial charge >= 0.3 is 12.1 Å². The van der Waals surface area contributed by atoms with Gasteiger partial charge in [-0.05, 0) is 90.2 Å². The molecule has 1 unspecified atom stereocenters. The Bertz CT molecular complexity index is 1810. The number of methoxy groups -OCH3 is 4. The first-order valence-electron chi connectivity index (χ1n) is 19.1. The van der Waals surface area contributed by atoms with Gasteiger partial charge in [0.2, 0.25) is 0 Å². The van der Waals surface area contributed by atoms with Crippen LogP contribution in [0.5, 0.6) is 29.0 Å². The van der Waals surface area contributed by atoms with E-state index < -0.39 is 5.60 Å². The molecule has 0 spiro atoms. The molecule has 300 valence electrons. The number of ether oxygens (including phenoxy) is 6. The normalized spacial score (nSPS) is 14.4.